The highest BCUT2D eigenvalue weighted by Crippen LogP contribution is 2.24. The van der Waals surface area contributed by atoms with Crippen molar-refractivity contribution >= 4 is 18.1 Å². The molecule has 0 fully saturated rings. The van der Waals surface area contributed by atoms with Gasteiger partial charge in [-0.15, -0.1) is 5.54 Å². The predicted octanol–water partition coefficient (Wildman–Crippen LogP) is 4.37. The molecule has 2 atom stereocenters. The first-order chi connectivity index (χ1) is 14.0. The second kappa shape index (κ2) is 10.2. The van der Waals surface area contributed by atoms with Gasteiger partial charge in [-0.2, -0.15) is 4.31 Å². The highest BCUT2D eigenvalue weighted by atomic mass is 32.2. The minimum Gasteiger partial charge on any atom is -0.378 e. The van der Waals surface area contributed by atoms with Gasteiger partial charge in [0, 0.05) is 6.54 Å². The molecule has 0 spiro atoms. The van der Waals surface area contributed by atoms with Crippen LogP contribution in [0, 0.1) is 18.4 Å². The van der Waals surface area contributed by atoms with Gasteiger partial charge in [0.15, 0.2) is 0 Å². The van der Waals surface area contributed by atoms with Gasteiger partial charge < -0.3 is 5.11 Å². The summed E-state index contributed by atoms with van der Waals surface area (Å²) in [4.78, 5) is 0.198. The fourth-order valence-electron chi connectivity index (χ4n) is 2.89. The maximum absolute atomic E-state index is 13.6. The lowest BCUT2D eigenvalue weighted by Gasteiger charge is -2.31. The average molecular weight is 442 g/mol. The molecule has 2 rings (SSSR count). The lowest BCUT2D eigenvalue weighted by molar-refractivity contribution is 0.157. The van der Waals surface area contributed by atoms with Crippen LogP contribution in [-0.2, 0) is 16.6 Å². The number of aryl methyl sites for hydroxylation is 1. The Morgan fingerprint density at radius 2 is 1.67 bits per heavy atom. The van der Waals surface area contributed by atoms with E-state index in [-0.39, 0.29) is 11.4 Å². The number of sulfonamides is 1. The summed E-state index contributed by atoms with van der Waals surface area (Å²) in [5.74, 6) is 2.92. The first-order valence-electron chi connectivity index (χ1n) is 10.0. The number of nitrogens with zero attached hydrogens (tertiary/aromatic N) is 1. The number of aliphatic hydroxyl groups is 1. The molecule has 160 valence electrons. The van der Waals surface area contributed by atoms with Crippen LogP contribution in [0.3, 0.4) is 0 Å². The molecular formula is C24H31NO3SSi. The third-order valence-electron chi connectivity index (χ3n) is 4.45. The van der Waals surface area contributed by atoms with Gasteiger partial charge >= 0.3 is 0 Å². The molecule has 0 heterocycles. The zero-order valence-corrected chi connectivity index (χ0v) is 20.1. The molecule has 0 aliphatic rings. The largest absolute Gasteiger partial charge is 0.378 e. The highest BCUT2D eigenvalue weighted by molar-refractivity contribution is 7.89. The molecule has 2 aromatic carbocycles. The van der Waals surface area contributed by atoms with E-state index in [1.807, 2.05) is 44.2 Å². The summed E-state index contributed by atoms with van der Waals surface area (Å²) in [6.07, 6.45) is 2.34. The number of hydrogen-bond donors (Lipinski definition) is 1. The monoisotopic (exact) mass is 441 g/mol. The first-order valence-corrected chi connectivity index (χ1v) is 14.9. The normalized spacial score (nSPS) is 14.4. The molecule has 4 nitrogen and oxygen atoms in total. The first kappa shape index (κ1) is 24.1. The van der Waals surface area contributed by atoms with Gasteiger partial charge in [0.25, 0.3) is 0 Å². The Balaban J connectivity index is 2.56. The number of aliphatic hydroxyl groups excluding tert-OH is 1. The quantitative estimate of drug-likeness (QED) is 0.394. The maximum atomic E-state index is 13.6. The van der Waals surface area contributed by atoms with Crippen molar-refractivity contribution < 1.29 is 13.5 Å². The minimum atomic E-state index is -3.87. The van der Waals surface area contributed by atoms with Crippen LogP contribution in [0.5, 0.6) is 0 Å². The van der Waals surface area contributed by atoms with Crippen LogP contribution in [0.15, 0.2) is 71.6 Å². The Morgan fingerprint density at radius 3 is 2.20 bits per heavy atom. The van der Waals surface area contributed by atoms with Crippen LogP contribution in [0.25, 0.3) is 0 Å². The summed E-state index contributed by atoms with van der Waals surface area (Å²) in [7, 11) is -5.60. The zero-order chi connectivity index (χ0) is 22.4. The third kappa shape index (κ3) is 6.68. The fourth-order valence-corrected chi connectivity index (χ4v) is 5.05. The van der Waals surface area contributed by atoms with Crippen molar-refractivity contribution in [2.45, 2.75) is 57.1 Å². The van der Waals surface area contributed by atoms with E-state index in [0.29, 0.717) is 0 Å². The summed E-state index contributed by atoms with van der Waals surface area (Å²) in [6, 6.07) is 15.4. The maximum Gasteiger partial charge on any atom is 0.244 e. The molecule has 0 bridgehead atoms. The summed E-state index contributed by atoms with van der Waals surface area (Å²) >= 11 is 0. The van der Waals surface area contributed by atoms with Crippen LogP contribution in [0.1, 0.15) is 18.1 Å². The van der Waals surface area contributed by atoms with E-state index in [9.17, 15) is 13.5 Å². The molecule has 0 saturated carbocycles. The van der Waals surface area contributed by atoms with E-state index in [1.165, 1.54) is 4.31 Å². The number of hydrogen-bond acceptors (Lipinski definition) is 3. The van der Waals surface area contributed by atoms with Gasteiger partial charge in [-0.05, 0) is 31.5 Å². The fraction of sp³-hybridized carbons (Fsp3) is 0.333. The molecule has 0 unspecified atom stereocenters. The molecule has 6 heteroatoms. The van der Waals surface area contributed by atoms with Crippen LogP contribution in [-0.4, -0.2) is 38.0 Å². The zero-order valence-electron chi connectivity index (χ0n) is 18.3. The lowest BCUT2D eigenvalue weighted by Crippen LogP contribution is -2.45. The molecule has 30 heavy (non-hydrogen) atoms. The van der Waals surface area contributed by atoms with E-state index in [4.69, 9.17) is 0 Å². The van der Waals surface area contributed by atoms with Crippen molar-refractivity contribution in [2.24, 2.45) is 0 Å². The van der Waals surface area contributed by atoms with Gasteiger partial charge in [-0.25, -0.2) is 8.42 Å². The van der Waals surface area contributed by atoms with Gasteiger partial charge in [-0.3, -0.25) is 0 Å². The van der Waals surface area contributed by atoms with E-state index in [2.05, 4.69) is 31.1 Å². The Kier molecular flexibility index (Phi) is 8.22. The molecule has 0 saturated heterocycles. The van der Waals surface area contributed by atoms with Crippen molar-refractivity contribution in [1.82, 2.24) is 4.31 Å². The molecule has 0 aromatic heterocycles. The number of rotatable bonds is 7. The molecular weight excluding hydrogens is 410 g/mol. The SMILES string of the molecule is C/C=C/[C@H]([C@@H](O)C#C[Si](C)(C)C)N(Cc1ccccc1)S(=O)(=O)c1ccc(C)cc1. The second-order valence-corrected chi connectivity index (χ2v) is 15.0. The molecule has 2 aromatic rings. The van der Waals surface area contributed by atoms with E-state index < -0.39 is 30.2 Å². The summed E-state index contributed by atoms with van der Waals surface area (Å²) in [5.41, 5.74) is 4.98. The van der Waals surface area contributed by atoms with E-state index in [1.54, 1.807) is 36.4 Å². The van der Waals surface area contributed by atoms with E-state index >= 15 is 0 Å². The highest BCUT2D eigenvalue weighted by Gasteiger charge is 2.34. The van der Waals surface area contributed by atoms with Crippen molar-refractivity contribution in [3.05, 3.63) is 77.9 Å². The standard InChI is InChI=1S/C24H31NO3SSi/c1-6-10-23(24(26)17-18-30(3,4)5)25(19-21-11-8-7-9-12-21)29(27,28)22-15-13-20(2)14-16-22/h6-16,23-24,26H,19H2,1-5H3/b10-6+/t23-,24+/m1/s1. The Morgan fingerprint density at radius 1 is 1.07 bits per heavy atom. The Bertz CT molecular complexity index is 1010. The lowest BCUT2D eigenvalue weighted by atomic mass is 10.1. The molecule has 0 aliphatic heterocycles. The van der Waals surface area contributed by atoms with Crippen LogP contribution in [0.4, 0.5) is 0 Å². The van der Waals surface area contributed by atoms with Gasteiger partial charge in [0.05, 0.1) is 10.9 Å². The van der Waals surface area contributed by atoms with Crippen LogP contribution < -0.4 is 0 Å². The summed E-state index contributed by atoms with van der Waals surface area (Å²) in [6.45, 7) is 10.1. The number of benzene rings is 2. The molecule has 0 radical (unpaired) electrons. The second-order valence-electron chi connectivity index (χ2n) is 8.33. The van der Waals surface area contributed by atoms with Crippen LogP contribution in [0.2, 0.25) is 19.6 Å². The smallest absolute Gasteiger partial charge is 0.244 e. The summed E-state index contributed by atoms with van der Waals surface area (Å²) in [5, 5.41) is 10.9. The molecule has 1 N–H and O–H groups in total. The molecule has 0 aliphatic carbocycles. The van der Waals surface area contributed by atoms with Crippen molar-refractivity contribution in [3.8, 4) is 11.5 Å². The predicted molar refractivity (Wildman–Crippen MR) is 126 cm³/mol. The average Bonchev–Trinajstić information content (AvgIpc) is 2.69. The molecule has 0 amide bonds. The van der Waals surface area contributed by atoms with Crippen molar-refractivity contribution in [2.75, 3.05) is 0 Å². The number of allylic oxidation sites excluding steroid dienone is 1. The van der Waals surface area contributed by atoms with E-state index in [0.717, 1.165) is 11.1 Å². The minimum absolute atomic E-state index is 0.137. The van der Waals surface area contributed by atoms with Gasteiger partial charge in [-0.1, -0.05) is 85.7 Å². The Hall–Kier alpha value is -2.17. The van der Waals surface area contributed by atoms with Crippen molar-refractivity contribution in [1.29, 1.82) is 0 Å². The van der Waals surface area contributed by atoms with Crippen LogP contribution >= 0.6 is 0 Å². The topological polar surface area (TPSA) is 57.6 Å². The van der Waals surface area contributed by atoms with Crippen molar-refractivity contribution in [3.63, 3.8) is 0 Å². The third-order valence-corrected chi connectivity index (χ3v) is 7.20. The summed E-state index contributed by atoms with van der Waals surface area (Å²) < 4.78 is 28.6. The van der Waals surface area contributed by atoms with Gasteiger partial charge in [0.2, 0.25) is 10.0 Å². The Labute approximate surface area is 182 Å². The van der Waals surface area contributed by atoms with Gasteiger partial charge in [0.1, 0.15) is 14.2 Å².